The molecule has 2 aromatic rings. The van der Waals surface area contributed by atoms with Gasteiger partial charge >= 0.3 is 0 Å². The lowest BCUT2D eigenvalue weighted by Crippen LogP contribution is -2.32. The Morgan fingerprint density at radius 3 is 2.67 bits per heavy atom. The monoisotopic (exact) mass is 364 g/mol. The molecule has 3 rings (SSSR count). The molecule has 2 aromatic carbocycles. The maximum absolute atomic E-state index is 12.5. The van der Waals surface area contributed by atoms with E-state index in [9.17, 15) is 13.2 Å². The minimum absolute atomic E-state index is 0.0410. The molecule has 24 heavy (non-hydrogen) atoms. The molecule has 0 bridgehead atoms. The van der Waals surface area contributed by atoms with Gasteiger partial charge in [0.1, 0.15) is 0 Å². The van der Waals surface area contributed by atoms with Gasteiger partial charge in [-0.1, -0.05) is 24.6 Å². The molecule has 0 aromatic heterocycles. The molecule has 1 heterocycles. The Kier molecular flexibility index (Phi) is 4.27. The number of hydrogen-bond donors (Lipinski definition) is 1. The highest BCUT2D eigenvalue weighted by molar-refractivity contribution is 7.92. The van der Waals surface area contributed by atoms with Crippen LogP contribution in [0, 0.1) is 0 Å². The number of fused-ring (bicyclic) bond motifs is 1. The molecule has 1 N–H and O–H groups in total. The van der Waals surface area contributed by atoms with Crippen LogP contribution in [-0.2, 0) is 14.8 Å². The fourth-order valence-corrected chi connectivity index (χ4v) is 4.16. The van der Waals surface area contributed by atoms with E-state index in [1.54, 1.807) is 42.3 Å². The molecule has 5 nitrogen and oxygen atoms in total. The van der Waals surface area contributed by atoms with Gasteiger partial charge in [0.05, 0.1) is 4.90 Å². The molecular formula is C17H17ClN2O3S. The second-order valence-corrected chi connectivity index (χ2v) is 8.01. The Morgan fingerprint density at radius 2 is 1.96 bits per heavy atom. The quantitative estimate of drug-likeness (QED) is 0.904. The van der Waals surface area contributed by atoms with Crippen LogP contribution in [0.25, 0.3) is 0 Å². The zero-order valence-corrected chi connectivity index (χ0v) is 14.9. The van der Waals surface area contributed by atoms with Crippen molar-refractivity contribution in [3.05, 3.63) is 53.1 Å². The number of anilines is 2. The topological polar surface area (TPSA) is 66.5 Å². The number of carbonyl (C=O) groups excluding carboxylic acids is 1. The summed E-state index contributed by atoms with van der Waals surface area (Å²) in [5, 5.41) is 0.358. The Balaban J connectivity index is 1.94. The molecule has 0 fully saturated rings. The van der Waals surface area contributed by atoms with Gasteiger partial charge in [-0.3, -0.25) is 9.52 Å². The van der Waals surface area contributed by atoms with E-state index in [0.717, 1.165) is 11.3 Å². The van der Waals surface area contributed by atoms with Gasteiger partial charge < -0.3 is 4.90 Å². The van der Waals surface area contributed by atoms with Crippen molar-refractivity contribution < 1.29 is 13.2 Å². The summed E-state index contributed by atoms with van der Waals surface area (Å²) in [5.41, 5.74) is 2.22. The Hall–Kier alpha value is -2.05. The average Bonchev–Trinajstić information content (AvgIpc) is 2.52. The third kappa shape index (κ3) is 3.12. The predicted molar refractivity (Wildman–Crippen MR) is 95.1 cm³/mol. The molecule has 126 valence electrons. The van der Waals surface area contributed by atoms with E-state index in [0.29, 0.717) is 17.1 Å². The van der Waals surface area contributed by atoms with Crippen molar-refractivity contribution in [2.24, 2.45) is 0 Å². The van der Waals surface area contributed by atoms with Crippen LogP contribution in [0.3, 0.4) is 0 Å². The Morgan fingerprint density at radius 1 is 1.21 bits per heavy atom. The van der Waals surface area contributed by atoms with Gasteiger partial charge in [0.2, 0.25) is 5.91 Å². The summed E-state index contributed by atoms with van der Waals surface area (Å²) in [6, 6.07) is 11.3. The van der Waals surface area contributed by atoms with E-state index < -0.39 is 10.0 Å². The number of benzene rings is 2. The molecular weight excluding hydrogens is 348 g/mol. The number of hydrogen-bond acceptors (Lipinski definition) is 3. The molecule has 1 unspecified atom stereocenters. The van der Waals surface area contributed by atoms with Crippen LogP contribution in [0.2, 0.25) is 5.02 Å². The minimum atomic E-state index is -3.72. The smallest absolute Gasteiger partial charge is 0.261 e. The minimum Gasteiger partial charge on any atom is -0.315 e. The fraction of sp³-hybridized carbons (Fsp3) is 0.235. The number of carbonyl (C=O) groups is 1. The molecule has 1 amide bonds. The summed E-state index contributed by atoms with van der Waals surface area (Å²) in [6.07, 6.45) is 0.411. The van der Waals surface area contributed by atoms with Gasteiger partial charge in [-0.15, -0.1) is 0 Å². The summed E-state index contributed by atoms with van der Waals surface area (Å²) < 4.78 is 27.5. The van der Waals surface area contributed by atoms with Crippen molar-refractivity contribution >= 4 is 38.9 Å². The molecule has 0 saturated carbocycles. The lowest BCUT2D eigenvalue weighted by atomic mass is 9.91. The summed E-state index contributed by atoms with van der Waals surface area (Å²) in [5.74, 6) is 0.0987. The highest BCUT2D eigenvalue weighted by Gasteiger charge is 2.27. The first-order valence-electron chi connectivity index (χ1n) is 7.47. The zero-order valence-electron chi connectivity index (χ0n) is 13.3. The van der Waals surface area contributed by atoms with Gasteiger partial charge in [0, 0.05) is 29.9 Å². The van der Waals surface area contributed by atoms with Crippen molar-refractivity contribution in [1.82, 2.24) is 0 Å². The van der Waals surface area contributed by atoms with Crippen molar-refractivity contribution in [2.45, 2.75) is 24.2 Å². The molecule has 1 aliphatic rings. The van der Waals surface area contributed by atoms with E-state index in [1.807, 2.05) is 6.92 Å². The summed E-state index contributed by atoms with van der Waals surface area (Å²) in [4.78, 5) is 13.6. The molecule has 7 heteroatoms. The van der Waals surface area contributed by atoms with Crippen molar-refractivity contribution in [2.75, 3.05) is 16.7 Å². The molecule has 0 aliphatic carbocycles. The Labute approximate surface area is 146 Å². The third-order valence-electron chi connectivity index (χ3n) is 4.13. The van der Waals surface area contributed by atoms with Gasteiger partial charge in [0.25, 0.3) is 10.0 Å². The molecule has 0 radical (unpaired) electrons. The van der Waals surface area contributed by atoms with Crippen LogP contribution in [0.1, 0.15) is 24.8 Å². The largest absolute Gasteiger partial charge is 0.315 e. The normalized spacial score (nSPS) is 17.5. The van der Waals surface area contributed by atoms with Crippen molar-refractivity contribution in [1.29, 1.82) is 0 Å². The molecule has 0 saturated heterocycles. The van der Waals surface area contributed by atoms with E-state index in [1.165, 1.54) is 12.1 Å². The average molecular weight is 365 g/mol. The maximum atomic E-state index is 12.5. The van der Waals surface area contributed by atoms with Gasteiger partial charge in [-0.05, 0) is 47.9 Å². The molecule has 0 spiro atoms. The van der Waals surface area contributed by atoms with Crippen LogP contribution >= 0.6 is 11.6 Å². The van der Waals surface area contributed by atoms with Crippen molar-refractivity contribution in [3.63, 3.8) is 0 Å². The fourth-order valence-electron chi connectivity index (χ4n) is 2.81. The zero-order chi connectivity index (χ0) is 17.5. The number of nitrogens with one attached hydrogen (secondary N) is 1. The number of amides is 1. The predicted octanol–water partition coefficient (Wildman–Crippen LogP) is 3.61. The highest BCUT2D eigenvalue weighted by atomic mass is 35.5. The standard InChI is InChI=1S/C17H17ClN2O3S/c1-11-8-17(21)20(2)16-7-6-13(10-15(11)16)19-24(22,23)14-5-3-4-12(18)9-14/h3-7,9-11,19H,8H2,1-2H3. The van der Waals surface area contributed by atoms with Crippen LogP contribution in [0.4, 0.5) is 11.4 Å². The number of sulfonamides is 1. The first-order chi connectivity index (χ1) is 11.3. The van der Waals surface area contributed by atoms with E-state index >= 15 is 0 Å². The summed E-state index contributed by atoms with van der Waals surface area (Å²) in [7, 11) is -1.99. The lowest BCUT2D eigenvalue weighted by Gasteiger charge is -2.30. The second kappa shape index (κ2) is 6.11. The number of rotatable bonds is 3. The van der Waals surface area contributed by atoms with Crippen molar-refractivity contribution in [3.8, 4) is 0 Å². The highest BCUT2D eigenvalue weighted by Crippen LogP contribution is 2.37. The van der Waals surface area contributed by atoms with E-state index in [-0.39, 0.29) is 16.7 Å². The molecule has 1 aliphatic heterocycles. The third-order valence-corrected chi connectivity index (χ3v) is 5.75. The molecule has 1 atom stereocenters. The van der Waals surface area contributed by atoms with Crippen LogP contribution < -0.4 is 9.62 Å². The van der Waals surface area contributed by atoms with Gasteiger partial charge in [-0.25, -0.2) is 8.42 Å². The second-order valence-electron chi connectivity index (χ2n) is 5.89. The summed E-state index contributed by atoms with van der Waals surface area (Å²) in [6.45, 7) is 1.96. The van der Waals surface area contributed by atoms with E-state index in [4.69, 9.17) is 11.6 Å². The van der Waals surface area contributed by atoms with Crippen LogP contribution in [-0.4, -0.2) is 21.4 Å². The van der Waals surface area contributed by atoms with Gasteiger partial charge in [-0.2, -0.15) is 0 Å². The van der Waals surface area contributed by atoms with Gasteiger partial charge in [0.15, 0.2) is 0 Å². The first-order valence-corrected chi connectivity index (χ1v) is 9.33. The van der Waals surface area contributed by atoms with E-state index in [2.05, 4.69) is 4.72 Å². The lowest BCUT2D eigenvalue weighted by molar-refractivity contribution is -0.119. The Bertz CT molecular complexity index is 912. The summed E-state index contributed by atoms with van der Waals surface area (Å²) >= 11 is 5.87. The first kappa shape index (κ1) is 16.8. The SMILES string of the molecule is CC1CC(=O)N(C)c2ccc(NS(=O)(=O)c3cccc(Cl)c3)cc21. The number of nitrogens with zero attached hydrogens (tertiary/aromatic N) is 1. The number of halogens is 1. The van der Waals surface area contributed by atoms with Crippen LogP contribution in [0.5, 0.6) is 0 Å². The van der Waals surface area contributed by atoms with Crippen LogP contribution in [0.15, 0.2) is 47.4 Å². The maximum Gasteiger partial charge on any atom is 0.261 e.